The molecular weight excluding hydrogens is 363 g/mol. The summed E-state index contributed by atoms with van der Waals surface area (Å²) in [5, 5.41) is 12.9. The van der Waals surface area contributed by atoms with Crippen molar-refractivity contribution < 1.29 is 23.6 Å². The molecule has 0 fully saturated rings. The number of nitro benzene ring substituents is 1. The number of anilines is 1. The van der Waals surface area contributed by atoms with Gasteiger partial charge in [0, 0.05) is 17.0 Å². The largest absolute Gasteiger partial charge is 0.451 e. The number of amides is 1. The van der Waals surface area contributed by atoms with E-state index >= 15 is 0 Å². The normalized spacial score (nSPS) is 10.4. The van der Waals surface area contributed by atoms with Gasteiger partial charge in [0.2, 0.25) is 0 Å². The van der Waals surface area contributed by atoms with E-state index in [0.29, 0.717) is 4.88 Å². The molecule has 9 heteroatoms. The van der Waals surface area contributed by atoms with Crippen LogP contribution in [0.25, 0.3) is 0 Å². The number of nitrogens with zero attached hydrogens (tertiary/aromatic N) is 1. The van der Waals surface area contributed by atoms with Gasteiger partial charge in [0.1, 0.15) is 10.7 Å². The van der Waals surface area contributed by atoms with Crippen molar-refractivity contribution in [3.05, 3.63) is 55.5 Å². The van der Waals surface area contributed by atoms with Crippen molar-refractivity contribution in [2.75, 3.05) is 11.9 Å². The number of non-ortho nitro benzene ring substituents is 1. The molecule has 138 valence electrons. The Morgan fingerprint density at radius 1 is 1.35 bits per heavy atom. The Labute approximate surface area is 152 Å². The first-order chi connectivity index (χ1) is 12.3. The molecule has 0 radical (unpaired) electrons. The van der Waals surface area contributed by atoms with Crippen LogP contribution in [-0.4, -0.2) is 23.4 Å². The van der Waals surface area contributed by atoms with E-state index in [1.165, 1.54) is 11.3 Å². The fraction of sp³-hybridized carbons (Fsp3) is 0.294. The Bertz CT molecular complexity index is 850. The van der Waals surface area contributed by atoms with Crippen LogP contribution in [0, 0.1) is 22.9 Å². The highest BCUT2D eigenvalue weighted by molar-refractivity contribution is 7.14. The first-order valence-corrected chi connectivity index (χ1v) is 8.63. The van der Waals surface area contributed by atoms with Crippen molar-refractivity contribution in [3.8, 4) is 0 Å². The molecule has 7 nitrogen and oxygen atoms in total. The maximum absolute atomic E-state index is 13.6. The molecule has 0 aliphatic heterocycles. The lowest BCUT2D eigenvalue weighted by atomic mass is 10.1. The van der Waals surface area contributed by atoms with Crippen LogP contribution in [0.3, 0.4) is 0 Å². The van der Waals surface area contributed by atoms with Gasteiger partial charge < -0.3 is 10.1 Å². The molecule has 1 heterocycles. The van der Waals surface area contributed by atoms with E-state index in [9.17, 15) is 24.1 Å². The minimum atomic E-state index is -0.826. The molecule has 2 aromatic rings. The van der Waals surface area contributed by atoms with Crippen molar-refractivity contribution in [2.45, 2.75) is 26.7 Å². The fourth-order valence-electron chi connectivity index (χ4n) is 2.25. The summed E-state index contributed by atoms with van der Waals surface area (Å²) in [4.78, 5) is 35.3. The fourth-order valence-corrected chi connectivity index (χ4v) is 3.21. The molecule has 1 N–H and O–H groups in total. The second-order valence-electron chi connectivity index (χ2n) is 5.49. The van der Waals surface area contributed by atoms with E-state index in [2.05, 4.69) is 5.32 Å². The summed E-state index contributed by atoms with van der Waals surface area (Å²) < 4.78 is 18.6. The molecule has 26 heavy (non-hydrogen) atoms. The topological polar surface area (TPSA) is 98.5 Å². The SMILES string of the molecule is CCCc1cc(C(=O)OCC(=O)Nc2cc([N+](=O)[O-])ccc2F)sc1C. The van der Waals surface area contributed by atoms with Crippen LogP contribution in [0.5, 0.6) is 0 Å². The highest BCUT2D eigenvalue weighted by Crippen LogP contribution is 2.24. The van der Waals surface area contributed by atoms with E-state index in [1.807, 2.05) is 13.8 Å². The van der Waals surface area contributed by atoms with E-state index in [0.717, 1.165) is 41.5 Å². The summed E-state index contributed by atoms with van der Waals surface area (Å²) in [5.74, 6) is -2.26. The van der Waals surface area contributed by atoms with Gasteiger partial charge in [-0.2, -0.15) is 0 Å². The lowest BCUT2D eigenvalue weighted by Gasteiger charge is -2.07. The number of nitro groups is 1. The van der Waals surface area contributed by atoms with Crippen molar-refractivity contribution >= 4 is 34.6 Å². The van der Waals surface area contributed by atoms with E-state index in [-0.39, 0.29) is 11.4 Å². The molecule has 0 aliphatic carbocycles. The van der Waals surface area contributed by atoms with E-state index < -0.39 is 29.2 Å². The zero-order valence-corrected chi connectivity index (χ0v) is 15.0. The zero-order valence-electron chi connectivity index (χ0n) is 14.2. The molecule has 0 spiro atoms. The Morgan fingerprint density at radius 3 is 2.73 bits per heavy atom. The molecule has 1 amide bonds. The number of benzene rings is 1. The quantitative estimate of drug-likeness (QED) is 0.447. The number of nitrogens with one attached hydrogen (secondary N) is 1. The first-order valence-electron chi connectivity index (χ1n) is 7.82. The predicted octanol–water partition coefficient (Wildman–Crippen LogP) is 3.85. The number of carbonyl (C=O) groups is 2. The summed E-state index contributed by atoms with van der Waals surface area (Å²) in [7, 11) is 0. The molecule has 2 rings (SSSR count). The third kappa shape index (κ3) is 4.85. The molecule has 0 saturated carbocycles. The number of hydrogen-bond acceptors (Lipinski definition) is 6. The lowest BCUT2D eigenvalue weighted by molar-refractivity contribution is -0.384. The van der Waals surface area contributed by atoms with Crippen molar-refractivity contribution in [3.63, 3.8) is 0 Å². The molecule has 0 aliphatic rings. The highest BCUT2D eigenvalue weighted by Gasteiger charge is 2.17. The van der Waals surface area contributed by atoms with Crippen LogP contribution in [0.2, 0.25) is 0 Å². The number of rotatable bonds is 7. The van der Waals surface area contributed by atoms with E-state index in [4.69, 9.17) is 4.74 Å². The van der Waals surface area contributed by atoms with Crippen LogP contribution in [0.15, 0.2) is 24.3 Å². The molecule has 1 aromatic carbocycles. The number of ether oxygens (including phenoxy) is 1. The third-order valence-corrected chi connectivity index (χ3v) is 4.58. The minimum absolute atomic E-state index is 0.350. The predicted molar refractivity (Wildman–Crippen MR) is 95.0 cm³/mol. The maximum Gasteiger partial charge on any atom is 0.348 e. The second kappa shape index (κ2) is 8.52. The van der Waals surface area contributed by atoms with Crippen LogP contribution < -0.4 is 5.32 Å². The van der Waals surface area contributed by atoms with E-state index in [1.54, 1.807) is 6.07 Å². The zero-order chi connectivity index (χ0) is 19.3. The molecule has 0 saturated heterocycles. The number of carbonyl (C=O) groups excluding carboxylic acids is 2. The Hall–Kier alpha value is -2.81. The van der Waals surface area contributed by atoms with Gasteiger partial charge in [-0.1, -0.05) is 13.3 Å². The Kier molecular flexibility index (Phi) is 6.40. The molecule has 1 aromatic heterocycles. The molecule has 0 unspecified atom stereocenters. The minimum Gasteiger partial charge on any atom is -0.451 e. The molecule has 0 atom stereocenters. The molecular formula is C17H17FN2O5S. The number of hydrogen-bond donors (Lipinski definition) is 1. The second-order valence-corrected chi connectivity index (χ2v) is 6.74. The van der Waals surface area contributed by atoms with Crippen molar-refractivity contribution in [1.82, 2.24) is 0 Å². The Balaban J connectivity index is 1.96. The van der Waals surface area contributed by atoms with Gasteiger partial charge in [-0.05, 0) is 31.0 Å². The Morgan fingerprint density at radius 2 is 2.08 bits per heavy atom. The number of halogens is 1. The van der Waals surface area contributed by atoms with Gasteiger partial charge in [-0.3, -0.25) is 14.9 Å². The molecule has 0 bridgehead atoms. The standard InChI is InChI=1S/C17H17FN2O5S/c1-3-4-11-7-15(26-10(11)2)17(22)25-9-16(21)19-14-8-12(20(23)24)5-6-13(14)18/h5-8H,3-4,9H2,1-2H3,(H,19,21). The smallest absolute Gasteiger partial charge is 0.348 e. The van der Waals surface area contributed by atoms with Crippen LogP contribution >= 0.6 is 11.3 Å². The van der Waals surface area contributed by atoms with Gasteiger partial charge in [0.15, 0.2) is 6.61 Å². The summed E-state index contributed by atoms with van der Waals surface area (Å²) in [5.41, 5.74) is 0.348. The van der Waals surface area contributed by atoms with Crippen molar-refractivity contribution in [2.24, 2.45) is 0 Å². The van der Waals surface area contributed by atoms with Crippen LogP contribution in [-0.2, 0) is 16.0 Å². The monoisotopic (exact) mass is 380 g/mol. The van der Waals surface area contributed by atoms with Gasteiger partial charge in [0.25, 0.3) is 11.6 Å². The lowest BCUT2D eigenvalue weighted by Crippen LogP contribution is -2.21. The van der Waals surface area contributed by atoms with Gasteiger partial charge >= 0.3 is 5.97 Å². The third-order valence-electron chi connectivity index (χ3n) is 3.51. The summed E-state index contributed by atoms with van der Waals surface area (Å²) in [6, 6.07) is 4.50. The van der Waals surface area contributed by atoms with Crippen LogP contribution in [0.1, 0.15) is 33.5 Å². The van der Waals surface area contributed by atoms with Gasteiger partial charge in [-0.25, -0.2) is 9.18 Å². The summed E-state index contributed by atoms with van der Waals surface area (Å²) in [6.45, 7) is 3.32. The maximum atomic E-state index is 13.6. The summed E-state index contributed by atoms with van der Waals surface area (Å²) >= 11 is 1.28. The highest BCUT2D eigenvalue weighted by atomic mass is 32.1. The number of aryl methyl sites for hydroxylation is 2. The number of esters is 1. The summed E-state index contributed by atoms with van der Waals surface area (Å²) in [6.07, 6.45) is 1.80. The average molecular weight is 380 g/mol. The van der Waals surface area contributed by atoms with Gasteiger partial charge in [0.05, 0.1) is 10.6 Å². The number of thiophene rings is 1. The van der Waals surface area contributed by atoms with Crippen molar-refractivity contribution in [1.29, 1.82) is 0 Å². The average Bonchev–Trinajstić information content (AvgIpc) is 2.96. The van der Waals surface area contributed by atoms with Gasteiger partial charge in [-0.15, -0.1) is 11.3 Å². The first kappa shape index (κ1) is 19.5. The van der Waals surface area contributed by atoms with Crippen LogP contribution in [0.4, 0.5) is 15.8 Å².